The number of carbonyl (C=O) groups is 1. The van der Waals surface area contributed by atoms with Gasteiger partial charge in [-0.2, -0.15) is 0 Å². The zero-order chi connectivity index (χ0) is 32.1. The Morgan fingerprint density at radius 2 is 1.87 bits per heavy atom. The Bertz CT molecular complexity index is 1540. The highest BCUT2D eigenvalue weighted by molar-refractivity contribution is 5.91. The molecule has 46 heavy (non-hydrogen) atoms. The molecule has 0 unspecified atom stereocenters. The average molecular weight is 637 g/mol. The Balaban J connectivity index is 1.16. The van der Waals surface area contributed by atoms with Crippen molar-refractivity contribution in [2.24, 2.45) is 0 Å². The van der Waals surface area contributed by atoms with E-state index in [0.29, 0.717) is 62.5 Å². The van der Waals surface area contributed by atoms with Gasteiger partial charge in [0.1, 0.15) is 11.5 Å². The number of aromatic nitrogens is 5. The largest absolute Gasteiger partial charge is 0.379 e. The zero-order valence-electron chi connectivity index (χ0n) is 26.2. The third-order valence-corrected chi connectivity index (χ3v) is 8.03. The van der Waals surface area contributed by atoms with Gasteiger partial charge in [0, 0.05) is 67.9 Å². The molecule has 1 aliphatic rings. The lowest BCUT2D eigenvalue weighted by atomic mass is 9.91. The number of urea groups is 1. The molecule has 11 nitrogen and oxygen atoms in total. The maximum Gasteiger partial charge on any atom is 0.317 e. The molecule has 1 aliphatic carbocycles. The second-order valence-corrected chi connectivity index (χ2v) is 11.4. The molecule has 0 bridgehead atoms. The quantitative estimate of drug-likeness (QED) is 0.131. The van der Waals surface area contributed by atoms with Crippen molar-refractivity contribution in [3.63, 3.8) is 0 Å². The van der Waals surface area contributed by atoms with Crippen molar-refractivity contribution in [1.29, 1.82) is 0 Å². The average Bonchev–Trinajstić information content (AvgIpc) is 3.48. The third kappa shape index (κ3) is 9.39. The van der Waals surface area contributed by atoms with E-state index in [1.54, 1.807) is 18.6 Å². The Kier molecular flexibility index (Phi) is 12.2. The summed E-state index contributed by atoms with van der Waals surface area (Å²) in [6.45, 7) is 5.62. The molecule has 0 aliphatic heterocycles. The first-order chi connectivity index (χ1) is 22.5. The van der Waals surface area contributed by atoms with E-state index in [2.05, 4.69) is 35.6 Å². The molecule has 0 aromatic carbocycles. The number of amides is 2. The zero-order valence-corrected chi connectivity index (χ0v) is 26.2. The van der Waals surface area contributed by atoms with Crippen LogP contribution in [-0.4, -0.2) is 80.9 Å². The molecule has 2 amide bonds. The number of carbonyl (C=O) groups excluding carboxylic acids is 1. The van der Waals surface area contributed by atoms with Gasteiger partial charge in [0.15, 0.2) is 17.5 Å². The molecule has 1 saturated carbocycles. The van der Waals surface area contributed by atoms with E-state index in [0.717, 1.165) is 56.5 Å². The summed E-state index contributed by atoms with van der Waals surface area (Å²) in [5.41, 5.74) is 2.03. The van der Waals surface area contributed by atoms with Crippen molar-refractivity contribution < 1.29 is 23.0 Å². The predicted octanol–water partition coefficient (Wildman–Crippen LogP) is 5.85. The maximum atomic E-state index is 14.9. The first-order valence-electron chi connectivity index (χ1n) is 16.0. The number of ether oxygens (including phenoxy) is 2. The Morgan fingerprint density at radius 1 is 1.04 bits per heavy atom. The summed E-state index contributed by atoms with van der Waals surface area (Å²) in [6.07, 6.45) is 13.2. The Labute approximate surface area is 267 Å². The molecule has 1 fully saturated rings. The number of H-pyrrole nitrogens is 1. The van der Waals surface area contributed by atoms with Gasteiger partial charge < -0.3 is 30.0 Å². The summed E-state index contributed by atoms with van der Waals surface area (Å²) in [7, 11) is 0. The van der Waals surface area contributed by atoms with Crippen LogP contribution >= 0.6 is 0 Å². The number of aromatic amines is 1. The normalized spacial score (nSPS) is 16.4. The molecule has 13 heteroatoms. The molecule has 3 N–H and O–H groups in total. The topological polar surface area (TPSA) is 130 Å². The van der Waals surface area contributed by atoms with E-state index in [4.69, 9.17) is 9.47 Å². The van der Waals surface area contributed by atoms with E-state index in [-0.39, 0.29) is 29.8 Å². The van der Waals surface area contributed by atoms with Crippen molar-refractivity contribution >= 4 is 22.9 Å². The molecule has 2 atom stereocenters. The van der Waals surface area contributed by atoms with Crippen LogP contribution in [-0.2, 0) is 16.0 Å². The summed E-state index contributed by atoms with van der Waals surface area (Å²) in [5, 5.41) is 6.98. The molecule has 4 heterocycles. The van der Waals surface area contributed by atoms with Crippen molar-refractivity contribution in [3.8, 4) is 11.4 Å². The van der Waals surface area contributed by atoms with Crippen molar-refractivity contribution in [2.45, 2.75) is 70.5 Å². The van der Waals surface area contributed by atoms with E-state index in [9.17, 15) is 13.6 Å². The number of anilines is 1. The second-order valence-electron chi connectivity index (χ2n) is 11.4. The smallest absolute Gasteiger partial charge is 0.317 e. The SMILES string of the molecule is CCOCCOCCCCCN(Cc1ccncc1)C(=O)N[C@H]1CCC[C@@H](Nc2nc(-c3c[nH]c4ncc(F)cc34)ncc2F)C1. The number of hydrogen-bond acceptors (Lipinski definition) is 8. The predicted molar refractivity (Wildman–Crippen MR) is 171 cm³/mol. The number of rotatable bonds is 16. The highest BCUT2D eigenvalue weighted by atomic mass is 19.1. The lowest BCUT2D eigenvalue weighted by Gasteiger charge is -2.33. The molecule has 0 radical (unpaired) electrons. The monoisotopic (exact) mass is 636 g/mol. The lowest BCUT2D eigenvalue weighted by Crippen LogP contribution is -2.48. The van der Waals surface area contributed by atoms with Crippen LogP contribution in [0.5, 0.6) is 0 Å². The fraction of sp³-hybridized carbons (Fsp3) is 0.485. The lowest BCUT2D eigenvalue weighted by molar-refractivity contribution is 0.0511. The van der Waals surface area contributed by atoms with Crippen molar-refractivity contribution in [2.75, 3.05) is 38.3 Å². The van der Waals surface area contributed by atoms with Crippen LogP contribution in [0.4, 0.5) is 19.4 Å². The summed E-state index contributed by atoms with van der Waals surface area (Å²) in [5.74, 6) is -0.738. The Morgan fingerprint density at radius 3 is 2.72 bits per heavy atom. The molecular formula is C33H42F2N8O3. The molecule has 0 spiro atoms. The van der Waals surface area contributed by atoms with Crippen LogP contribution in [0.3, 0.4) is 0 Å². The van der Waals surface area contributed by atoms with Gasteiger partial charge in [-0.3, -0.25) is 4.98 Å². The van der Waals surface area contributed by atoms with Crippen molar-refractivity contribution in [1.82, 2.24) is 35.1 Å². The molecule has 0 saturated heterocycles. The molecule has 4 aromatic heterocycles. The number of unbranched alkanes of at least 4 members (excludes halogenated alkanes) is 2. The number of pyridine rings is 2. The molecule has 5 rings (SSSR count). The molecule has 4 aromatic rings. The van der Waals surface area contributed by atoms with E-state index >= 15 is 0 Å². The van der Waals surface area contributed by atoms with Gasteiger partial charge in [0.25, 0.3) is 0 Å². The summed E-state index contributed by atoms with van der Waals surface area (Å²) < 4.78 is 39.6. The highest BCUT2D eigenvalue weighted by Crippen LogP contribution is 2.28. The number of halogens is 2. The van der Waals surface area contributed by atoms with Crippen LogP contribution in [0.15, 0.2) is 49.2 Å². The molecule has 246 valence electrons. The Hall–Kier alpha value is -4.23. The van der Waals surface area contributed by atoms with E-state index in [1.807, 2.05) is 24.0 Å². The molecular weight excluding hydrogens is 594 g/mol. The number of fused-ring (bicyclic) bond motifs is 1. The minimum absolute atomic E-state index is 0.0712. The van der Waals surface area contributed by atoms with Gasteiger partial charge in [-0.15, -0.1) is 0 Å². The highest BCUT2D eigenvalue weighted by Gasteiger charge is 2.26. The summed E-state index contributed by atoms with van der Waals surface area (Å²) >= 11 is 0. The second kappa shape index (κ2) is 16.9. The summed E-state index contributed by atoms with van der Waals surface area (Å²) in [6, 6.07) is 4.88. The van der Waals surface area contributed by atoms with Crippen LogP contribution in [0.2, 0.25) is 0 Å². The number of nitrogens with one attached hydrogen (secondary N) is 3. The van der Waals surface area contributed by atoms with Crippen molar-refractivity contribution in [3.05, 3.63) is 66.4 Å². The third-order valence-electron chi connectivity index (χ3n) is 8.03. The van der Waals surface area contributed by atoms with Gasteiger partial charge in [-0.05, 0) is 75.6 Å². The fourth-order valence-corrected chi connectivity index (χ4v) is 5.68. The van der Waals surface area contributed by atoms with Gasteiger partial charge >= 0.3 is 6.03 Å². The van der Waals surface area contributed by atoms with Gasteiger partial charge in [0.05, 0.1) is 25.6 Å². The minimum atomic E-state index is -0.581. The minimum Gasteiger partial charge on any atom is -0.379 e. The fourth-order valence-electron chi connectivity index (χ4n) is 5.68. The van der Waals surface area contributed by atoms with Gasteiger partial charge in [0.2, 0.25) is 0 Å². The first-order valence-corrected chi connectivity index (χ1v) is 16.0. The van der Waals surface area contributed by atoms with Crippen LogP contribution < -0.4 is 10.6 Å². The number of hydrogen-bond donors (Lipinski definition) is 3. The standard InChI is InChI=1S/C33H42F2N8O3/c1-2-45-15-16-46-14-5-3-4-13-43(22-23-9-11-36-12-10-23)33(44)41-26-8-6-7-25(18-26)40-32-29(35)21-39-31(42-32)28-20-38-30-27(28)17-24(34)19-37-30/h9-12,17,19-21,25-26H,2-8,13-16,18,22H2,1H3,(H,37,38)(H,41,44)(H,39,40,42)/t25-,26+/m1/s1. The summed E-state index contributed by atoms with van der Waals surface area (Å²) in [4.78, 5) is 35.1. The number of nitrogens with zero attached hydrogens (tertiary/aromatic N) is 5. The first kappa shape index (κ1) is 33.1. The van der Waals surface area contributed by atoms with Gasteiger partial charge in [-0.25, -0.2) is 28.5 Å². The maximum absolute atomic E-state index is 14.9. The van der Waals surface area contributed by atoms with Crippen LogP contribution in [0.1, 0.15) is 57.4 Å². The van der Waals surface area contributed by atoms with Crippen LogP contribution in [0.25, 0.3) is 22.4 Å². The van der Waals surface area contributed by atoms with Crippen LogP contribution in [0, 0.1) is 11.6 Å². The van der Waals surface area contributed by atoms with E-state index < -0.39 is 11.6 Å². The van der Waals surface area contributed by atoms with E-state index in [1.165, 1.54) is 6.07 Å². The van der Waals surface area contributed by atoms with Gasteiger partial charge in [-0.1, -0.05) is 0 Å².